The average Bonchev–Trinajstić information content (AvgIpc) is 2.98. The summed E-state index contributed by atoms with van der Waals surface area (Å²) in [6.45, 7) is 0. The first-order valence-corrected chi connectivity index (χ1v) is 9.03. The SMILES string of the molecule is CN(C)S(=O)(=O)c1cccc(C2=NC(=Cc3ccccc3F)C(=O)O2)c1. The Labute approximate surface area is 150 Å². The van der Waals surface area contributed by atoms with E-state index in [-0.39, 0.29) is 22.1 Å². The van der Waals surface area contributed by atoms with Crippen molar-refractivity contribution in [1.82, 2.24) is 4.31 Å². The van der Waals surface area contributed by atoms with Crippen molar-refractivity contribution in [2.75, 3.05) is 14.1 Å². The third-order valence-electron chi connectivity index (χ3n) is 3.68. The predicted octanol–water partition coefficient (Wildman–Crippen LogP) is 2.42. The second-order valence-corrected chi connectivity index (χ2v) is 7.82. The molecule has 0 N–H and O–H groups in total. The Morgan fingerprint density at radius 3 is 2.54 bits per heavy atom. The quantitative estimate of drug-likeness (QED) is 0.608. The van der Waals surface area contributed by atoms with Crippen LogP contribution in [0.2, 0.25) is 0 Å². The molecule has 0 spiro atoms. The average molecular weight is 374 g/mol. The number of aliphatic imine (C=N–C) groups is 1. The molecule has 1 aliphatic heterocycles. The first-order chi connectivity index (χ1) is 12.3. The minimum Gasteiger partial charge on any atom is -0.402 e. The van der Waals surface area contributed by atoms with Crippen LogP contribution in [0.5, 0.6) is 0 Å². The van der Waals surface area contributed by atoms with Gasteiger partial charge in [-0.3, -0.25) is 0 Å². The molecule has 0 unspecified atom stereocenters. The third kappa shape index (κ3) is 3.42. The van der Waals surface area contributed by atoms with Gasteiger partial charge in [0.15, 0.2) is 5.70 Å². The molecule has 134 valence electrons. The number of benzene rings is 2. The molecule has 0 saturated heterocycles. The van der Waals surface area contributed by atoms with Crippen molar-refractivity contribution >= 4 is 28.0 Å². The summed E-state index contributed by atoms with van der Waals surface area (Å²) in [7, 11) is -0.795. The number of hydrogen-bond acceptors (Lipinski definition) is 5. The van der Waals surface area contributed by atoms with Crippen LogP contribution >= 0.6 is 0 Å². The topological polar surface area (TPSA) is 76.0 Å². The summed E-state index contributed by atoms with van der Waals surface area (Å²) < 4.78 is 44.4. The zero-order chi connectivity index (χ0) is 18.9. The number of sulfonamides is 1. The molecule has 0 aromatic heterocycles. The van der Waals surface area contributed by atoms with E-state index in [1.807, 2.05) is 0 Å². The number of nitrogens with zero attached hydrogens (tertiary/aromatic N) is 2. The smallest absolute Gasteiger partial charge is 0.363 e. The van der Waals surface area contributed by atoms with E-state index in [2.05, 4.69) is 4.99 Å². The molecule has 26 heavy (non-hydrogen) atoms. The molecule has 0 fully saturated rings. The molecular weight excluding hydrogens is 359 g/mol. The predicted molar refractivity (Wildman–Crippen MR) is 94.3 cm³/mol. The summed E-state index contributed by atoms with van der Waals surface area (Å²) in [5.41, 5.74) is 0.470. The van der Waals surface area contributed by atoms with Crippen LogP contribution in [0, 0.1) is 5.82 Å². The number of carbonyl (C=O) groups is 1. The van der Waals surface area contributed by atoms with Gasteiger partial charge in [0.05, 0.1) is 4.90 Å². The van der Waals surface area contributed by atoms with Crippen LogP contribution in [0.25, 0.3) is 6.08 Å². The zero-order valence-corrected chi connectivity index (χ0v) is 14.8. The first-order valence-electron chi connectivity index (χ1n) is 7.59. The molecule has 1 heterocycles. The summed E-state index contributed by atoms with van der Waals surface area (Å²) in [6.07, 6.45) is 1.28. The van der Waals surface area contributed by atoms with Crippen LogP contribution in [-0.4, -0.2) is 38.7 Å². The minimum atomic E-state index is -3.64. The fourth-order valence-corrected chi connectivity index (χ4v) is 3.22. The standard InChI is InChI=1S/C18H15FN2O4S/c1-21(2)26(23,24)14-8-5-7-13(10-14)17-20-16(18(22)25-17)11-12-6-3-4-9-15(12)19/h3-11H,1-2H3. The molecule has 0 bridgehead atoms. The Kier molecular flexibility index (Phi) is 4.71. The second kappa shape index (κ2) is 6.81. The van der Waals surface area contributed by atoms with Crippen LogP contribution < -0.4 is 0 Å². The lowest BCUT2D eigenvalue weighted by molar-refractivity contribution is -0.129. The highest BCUT2D eigenvalue weighted by Gasteiger charge is 2.26. The van der Waals surface area contributed by atoms with Crippen molar-refractivity contribution in [3.8, 4) is 0 Å². The molecule has 2 aromatic carbocycles. The van der Waals surface area contributed by atoms with Crippen molar-refractivity contribution < 1.29 is 22.3 Å². The highest BCUT2D eigenvalue weighted by atomic mass is 32.2. The molecule has 8 heteroatoms. The maximum absolute atomic E-state index is 13.7. The van der Waals surface area contributed by atoms with E-state index in [4.69, 9.17) is 4.74 Å². The summed E-state index contributed by atoms with van der Waals surface area (Å²) in [5, 5.41) is 0. The van der Waals surface area contributed by atoms with Gasteiger partial charge in [0.2, 0.25) is 15.9 Å². The van der Waals surface area contributed by atoms with E-state index in [9.17, 15) is 17.6 Å². The van der Waals surface area contributed by atoms with Crippen LogP contribution in [0.15, 0.2) is 64.1 Å². The van der Waals surface area contributed by atoms with E-state index >= 15 is 0 Å². The van der Waals surface area contributed by atoms with Gasteiger partial charge in [-0.2, -0.15) is 0 Å². The van der Waals surface area contributed by atoms with Crippen LogP contribution in [-0.2, 0) is 19.6 Å². The second-order valence-electron chi connectivity index (χ2n) is 5.67. The van der Waals surface area contributed by atoms with Gasteiger partial charge in [-0.1, -0.05) is 24.3 Å². The number of cyclic esters (lactones) is 1. The van der Waals surface area contributed by atoms with Crippen LogP contribution in [0.3, 0.4) is 0 Å². The van der Waals surface area contributed by atoms with E-state index < -0.39 is 21.8 Å². The number of carbonyl (C=O) groups excluding carboxylic acids is 1. The third-order valence-corrected chi connectivity index (χ3v) is 5.49. The number of halogens is 1. The van der Waals surface area contributed by atoms with Gasteiger partial charge >= 0.3 is 5.97 Å². The lowest BCUT2D eigenvalue weighted by atomic mass is 10.2. The summed E-state index contributed by atoms with van der Waals surface area (Å²) in [5.74, 6) is -1.26. The highest BCUT2D eigenvalue weighted by molar-refractivity contribution is 7.89. The van der Waals surface area contributed by atoms with E-state index in [1.165, 1.54) is 56.6 Å². The number of rotatable bonds is 4. The van der Waals surface area contributed by atoms with Gasteiger partial charge in [0, 0.05) is 25.2 Å². The molecule has 0 aliphatic carbocycles. The normalized spacial score (nSPS) is 16.1. The van der Waals surface area contributed by atoms with E-state index in [0.717, 1.165) is 4.31 Å². The summed E-state index contributed by atoms with van der Waals surface area (Å²) in [4.78, 5) is 16.1. The molecule has 0 radical (unpaired) electrons. The largest absolute Gasteiger partial charge is 0.402 e. The molecule has 1 aliphatic rings. The molecule has 0 saturated carbocycles. The number of hydrogen-bond donors (Lipinski definition) is 0. The maximum atomic E-state index is 13.7. The molecule has 0 amide bonds. The molecule has 0 atom stereocenters. The molecular formula is C18H15FN2O4S. The van der Waals surface area contributed by atoms with Crippen molar-refractivity contribution in [3.63, 3.8) is 0 Å². The molecule has 2 aromatic rings. The highest BCUT2D eigenvalue weighted by Crippen LogP contribution is 2.22. The zero-order valence-electron chi connectivity index (χ0n) is 14.0. The van der Waals surface area contributed by atoms with Crippen LogP contribution in [0.4, 0.5) is 4.39 Å². The van der Waals surface area contributed by atoms with Gasteiger partial charge < -0.3 is 4.74 Å². The molecule has 6 nitrogen and oxygen atoms in total. The number of esters is 1. The van der Waals surface area contributed by atoms with Gasteiger partial charge in [0.1, 0.15) is 5.82 Å². The lowest BCUT2D eigenvalue weighted by Gasteiger charge is -2.11. The maximum Gasteiger partial charge on any atom is 0.363 e. The van der Waals surface area contributed by atoms with Gasteiger partial charge in [-0.15, -0.1) is 0 Å². The van der Waals surface area contributed by atoms with Crippen molar-refractivity contribution in [2.24, 2.45) is 4.99 Å². The van der Waals surface area contributed by atoms with Gasteiger partial charge in [-0.05, 0) is 30.3 Å². The first kappa shape index (κ1) is 18.0. The van der Waals surface area contributed by atoms with Gasteiger partial charge in [0.25, 0.3) is 0 Å². The summed E-state index contributed by atoms with van der Waals surface area (Å²) in [6, 6.07) is 11.9. The van der Waals surface area contributed by atoms with E-state index in [0.29, 0.717) is 5.56 Å². The Hall–Kier alpha value is -2.84. The Morgan fingerprint density at radius 1 is 1.12 bits per heavy atom. The van der Waals surface area contributed by atoms with Crippen molar-refractivity contribution in [1.29, 1.82) is 0 Å². The minimum absolute atomic E-state index is 0.0339. The fraction of sp³-hybridized carbons (Fsp3) is 0.111. The molecule has 3 rings (SSSR count). The monoisotopic (exact) mass is 374 g/mol. The number of ether oxygens (including phenoxy) is 1. The summed E-state index contributed by atoms with van der Waals surface area (Å²) >= 11 is 0. The Balaban J connectivity index is 1.99. The lowest BCUT2D eigenvalue weighted by Crippen LogP contribution is -2.22. The van der Waals surface area contributed by atoms with Crippen molar-refractivity contribution in [2.45, 2.75) is 4.90 Å². The Morgan fingerprint density at radius 2 is 1.85 bits per heavy atom. The van der Waals surface area contributed by atoms with Gasteiger partial charge in [-0.25, -0.2) is 26.9 Å². The van der Waals surface area contributed by atoms with Crippen molar-refractivity contribution in [3.05, 3.63) is 71.2 Å². The Bertz CT molecular complexity index is 1040. The van der Waals surface area contributed by atoms with Crippen LogP contribution in [0.1, 0.15) is 11.1 Å². The fourth-order valence-electron chi connectivity index (χ4n) is 2.27. The van der Waals surface area contributed by atoms with E-state index in [1.54, 1.807) is 12.1 Å².